The average molecular weight is 249 g/mol. The Morgan fingerprint density at radius 2 is 2.12 bits per heavy atom. The van der Waals surface area contributed by atoms with E-state index < -0.39 is 0 Å². The molecule has 4 nitrogen and oxygen atoms in total. The second kappa shape index (κ2) is 5.59. The zero-order valence-electron chi connectivity index (χ0n) is 9.55. The second-order valence-electron chi connectivity index (χ2n) is 3.53. The van der Waals surface area contributed by atoms with Gasteiger partial charge in [-0.05, 0) is 19.1 Å². The molecule has 0 aromatic carbocycles. The summed E-state index contributed by atoms with van der Waals surface area (Å²) in [6.07, 6.45) is 3.26. The fourth-order valence-corrected chi connectivity index (χ4v) is 1.68. The fourth-order valence-electron chi connectivity index (χ4n) is 1.54. The molecule has 0 aliphatic carbocycles. The van der Waals surface area contributed by atoms with E-state index in [9.17, 15) is 0 Å². The third-order valence-electron chi connectivity index (χ3n) is 2.40. The Kier molecular flexibility index (Phi) is 3.88. The summed E-state index contributed by atoms with van der Waals surface area (Å²) in [4.78, 5) is 14.5. The molecule has 0 saturated heterocycles. The minimum absolute atomic E-state index is 0.453. The molecule has 0 aliphatic heterocycles. The maximum absolute atomic E-state index is 5.86. The van der Waals surface area contributed by atoms with E-state index in [1.54, 1.807) is 12.3 Å². The summed E-state index contributed by atoms with van der Waals surface area (Å²) < 4.78 is 0. The molecule has 88 valence electrons. The lowest BCUT2D eigenvalue weighted by atomic mass is 10.3. The van der Waals surface area contributed by atoms with Crippen LogP contribution in [0.3, 0.4) is 0 Å². The van der Waals surface area contributed by atoms with Gasteiger partial charge in [0, 0.05) is 18.8 Å². The number of rotatable bonds is 4. The van der Waals surface area contributed by atoms with Gasteiger partial charge in [0.25, 0.3) is 0 Å². The van der Waals surface area contributed by atoms with Gasteiger partial charge in [-0.25, -0.2) is 9.97 Å². The van der Waals surface area contributed by atoms with E-state index in [0.29, 0.717) is 11.7 Å². The van der Waals surface area contributed by atoms with E-state index in [0.717, 1.165) is 18.1 Å². The third-order valence-corrected chi connectivity index (χ3v) is 2.61. The predicted octanol–water partition coefficient (Wildman–Crippen LogP) is 2.55. The lowest BCUT2D eigenvalue weighted by Crippen LogP contribution is -2.23. The third kappa shape index (κ3) is 3.14. The van der Waals surface area contributed by atoms with Gasteiger partial charge in [0.1, 0.15) is 17.3 Å². The van der Waals surface area contributed by atoms with Crippen molar-refractivity contribution in [1.82, 2.24) is 15.0 Å². The Morgan fingerprint density at radius 3 is 2.76 bits per heavy atom. The van der Waals surface area contributed by atoms with Crippen LogP contribution in [0.1, 0.15) is 12.6 Å². The summed E-state index contributed by atoms with van der Waals surface area (Å²) in [5.74, 6) is 0.818. The first-order valence-corrected chi connectivity index (χ1v) is 5.80. The topological polar surface area (TPSA) is 41.9 Å². The number of hydrogen-bond donors (Lipinski definition) is 0. The van der Waals surface area contributed by atoms with Gasteiger partial charge in [-0.1, -0.05) is 17.7 Å². The van der Waals surface area contributed by atoms with E-state index in [2.05, 4.69) is 26.8 Å². The quantitative estimate of drug-likeness (QED) is 0.780. The van der Waals surface area contributed by atoms with E-state index >= 15 is 0 Å². The lowest BCUT2D eigenvalue weighted by Gasteiger charge is -2.21. The molecule has 0 atom stereocenters. The monoisotopic (exact) mass is 248 g/mol. The highest BCUT2D eigenvalue weighted by atomic mass is 35.5. The highest BCUT2D eigenvalue weighted by molar-refractivity contribution is 6.29. The maximum Gasteiger partial charge on any atom is 0.134 e. The molecule has 5 heteroatoms. The molecular formula is C12H13ClN4. The Hall–Kier alpha value is -1.68. The van der Waals surface area contributed by atoms with E-state index in [4.69, 9.17) is 11.6 Å². The van der Waals surface area contributed by atoms with Gasteiger partial charge >= 0.3 is 0 Å². The molecule has 0 spiro atoms. The van der Waals surface area contributed by atoms with Crippen LogP contribution in [-0.2, 0) is 6.54 Å². The van der Waals surface area contributed by atoms with E-state index in [-0.39, 0.29) is 0 Å². The van der Waals surface area contributed by atoms with Gasteiger partial charge in [-0.3, -0.25) is 4.98 Å². The smallest absolute Gasteiger partial charge is 0.134 e. The van der Waals surface area contributed by atoms with Crippen LogP contribution in [0.2, 0.25) is 5.15 Å². The van der Waals surface area contributed by atoms with Crippen LogP contribution in [0.5, 0.6) is 0 Å². The summed E-state index contributed by atoms with van der Waals surface area (Å²) >= 11 is 5.86. The Bertz CT molecular complexity index is 475. The molecule has 2 aromatic heterocycles. The van der Waals surface area contributed by atoms with Crippen LogP contribution >= 0.6 is 11.6 Å². The van der Waals surface area contributed by atoms with Gasteiger partial charge < -0.3 is 4.90 Å². The van der Waals surface area contributed by atoms with E-state index in [1.807, 2.05) is 18.2 Å². The molecule has 0 unspecified atom stereocenters. The number of pyridine rings is 1. The van der Waals surface area contributed by atoms with Crippen molar-refractivity contribution in [3.8, 4) is 0 Å². The van der Waals surface area contributed by atoms with Gasteiger partial charge in [-0.15, -0.1) is 0 Å². The van der Waals surface area contributed by atoms with Crippen LogP contribution in [0, 0.1) is 0 Å². The number of hydrogen-bond acceptors (Lipinski definition) is 4. The van der Waals surface area contributed by atoms with Gasteiger partial charge in [-0.2, -0.15) is 0 Å². The largest absolute Gasteiger partial charge is 0.351 e. The molecule has 0 saturated carbocycles. The summed E-state index contributed by atoms with van der Waals surface area (Å²) in [5, 5.41) is 0.453. The molecule has 0 fully saturated rings. The lowest BCUT2D eigenvalue weighted by molar-refractivity contribution is 0.791. The molecule has 0 amide bonds. The van der Waals surface area contributed by atoms with Crippen molar-refractivity contribution in [2.75, 3.05) is 11.4 Å². The predicted molar refractivity (Wildman–Crippen MR) is 68.0 cm³/mol. The van der Waals surface area contributed by atoms with Crippen molar-refractivity contribution in [3.63, 3.8) is 0 Å². The fraction of sp³-hybridized carbons (Fsp3) is 0.250. The zero-order valence-corrected chi connectivity index (χ0v) is 10.3. The second-order valence-corrected chi connectivity index (χ2v) is 3.92. The summed E-state index contributed by atoms with van der Waals surface area (Å²) in [6.45, 7) is 3.62. The van der Waals surface area contributed by atoms with Crippen LogP contribution in [0.25, 0.3) is 0 Å². The van der Waals surface area contributed by atoms with Crippen LogP contribution in [0.4, 0.5) is 5.82 Å². The minimum Gasteiger partial charge on any atom is -0.351 e. The SMILES string of the molecule is CCN(Cc1ccccn1)c1cc(Cl)ncn1. The van der Waals surface area contributed by atoms with Crippen molar-refractivity contribution >= 4 is 17.4 Å². The first kappa shape index (κ1) is 11.8. The Balaban J connectivity index is 2.17. The van der Waals surface area contributed by atoms with Gasteiger partial charge in [0.2, 0.25) is 0 Å². The van der Waals surface area contributed by atoms with Crippen LogP contribution < -0.4 is 4.90 Å². The molecular weight excluding hydrogens is 236 g/mol. The number of aromatic nitrogens is 3. The minimum atomic E-state index is 0.453. The van der Waals surface area contributed by atoms with Crippen LogP contribution in [0.15, 0.2) is 36.8 Å². The number of anilines is 1. The molecule has 0 N–H and O–H groups in total. The highest BCUT2D eigenvalue weighted by Gasteiger charge is 2.07. The van der Waals surface area contributed by atoms with E-state index in [1.165, 1.54) is 6.33 Å². The van der Waals surface area contributed by atoms with Crippen molar-refractivity contribution in [3.05, 3.63) is 47.6 Å². The van der Waals surface area contributed by atoms with Gasteiger partial charge in [0.05, 0.1) is 12.2 Å². The number of nitrogens with zero attached hydrogens (tertiary/aromatic N) is 4. The molecule has 2 heterocycles. The highest BCUT2D eigenvalue weighted by Crippen LogP contribution is 2.15. The van der Waals surface area contributed by atoms with Crippen LogP contribution in [-0.4, -0.2) is 21.5 Å². The van der Waals surface area contributed by atoms with Crippen molar-refractivity contribution < 1.29 is 0 Å². The Morgan fingerprint density at radius 1 is 1.24 bits per heavy atom. The molecule has 0 bridgehead atoms. The Labute approximate surface area is 105 Å². The average Bonchev–Trinajstić information content (AvgIpc) is 2.37. The summed E-state index contributed by atoms with van der Waals surface area (Å²) in [6, 6.07) is 7.63. The summed E-state index contributed by atoms with van der Waals surface area (Å²) in [5.41, 5.74) is 1.00. The summed E-state index contributed by atoms with van der Waals surface area (Å²) in [7, 11) is 0. The first-order valence-electron chi connectivity index (χ1n) is 5.42. The molecule has 2 rings (SSSR count). The first-order chi connectivity index (χ1) is 8.29. The molecule has 17 heavy (non-hydrogen) atoms. The van der Waals surface area contributed by atoms with Crippen molar-refractivity contribution in [1.29, 1.82) is 0 Å². The zero-order chi connectivity index (χ0) is 12.1. The molecule has 0 radical (unpaired) electrons. The molecule has 2 aromatic rings. The number of halogens is 1. The normalized spacial score (nSPS) is 10.2. The van der Waals surface area contributed by atoms with Crippen molar-refractivity contribution in [2.45, 2.75) is 13.5 Å². The maximum atomic E-state index is 5.86. The standard InChI is InChI=1S/C12H13ClN4/c1-2-17(8-10-5-3-4-6-14-10)12-7-11(13)15-9-16-12/h3-7,9H,2,8H2,1H3. The van der Waals surface area contributed by atoms with Crippen molar-refractivity contribution in [2.24, 2.45) is 0 Å². The molecule has 0 aliphatic rings. The van der Waals surface area contributed by atoms with Gasteiger partial charge in [0.15, 0.2) is 0 Å².